The molecule has 1 fully saturated rings. The first-order valence-electron chi connectivity index (χ1n) is 10.5. The minimum absolute atomic E-state index is 0.173. The molecule has 1 saturated heterocycles. The summed E-state index contributed by atoms with van der Waals surface area (Å²) < 4.78 is 34.7. The quantitative estimate of drug-likeness (QED) is 0.519. The lowest BCUT2D eigenvalue weighted by atomic mass is 10.1. The summed E-state index contributed by atoms with van der Waals surface area (Å²) in [6, 6.07) is 15.0. The molecule has 1 N–H and O–H groups in total. The van der Waals surface area contributed by atoms with Gasteiger partial charge in [0.15, 0.2) is 0 Å². The molecule has 33 heavy (non-hydrogen) atoms. The summed E-state index contributed by atoms with van der Waals surface area (Å²) in [5.74, 6) is 0.405. The number of benzene rings is 1. The van der Waals surface area contributed by atoms with Crippen LogP contribution >= 0.6 is 11.3 Å². The van der Waals surface area contributed by atoms with Crippen molar-refractivity contribution in [3.8, 4) is 5.75 Å². The topological polar surface area (TPSA) is 111 Å². The van der Waals surface area contributed by atoms with E-state index in [1.165, 1.54) is 28.2 Å². The molecule has 4 rings (SSSR count). The summed E-state index contributed by atoms with van der Waals surface area (Å²) in [5.41, 5.74) is -0.142. The molecule has 0 spiro atoms. The number of nitrogens with zero attached hydrogens (tertiary/aromatic N) is 3. The zero-order chi connectivity index (χ0) is 23.3. The van der Waals surface area contributed by atoms with Crippen molar-refractivity contribution in [3.05, 3.63) is 76.0 Å². The number of hydrogen-bond donors (Lipinski definition) is 1. The van der Waals surface area contributed by atoms with Crippen LogP contribution in [0.25, 0.3) is 0 Å². The summed E-state index contributed by atoms with van der Waals surface area (Å²) in [7, 11) is -3.54. The third-order valence-corrected chi connectivity index (χ3v) is 8.18. The van der Waals surface area contributed by atoms with Crippen molar-refractivity contribution in [2.75, 3.05) is 19.7 Å². The number of ether oxygens (including phenoxy) is 1. The highest BCUT2D eigenvalue weighted by atomic mass is 32.2. The van der Waals surface area contributed by atoms with Crippen molar-refractivity contribution in [1.82, 2.24) is 19.4 Å². The zero-order valence-electron chi connectivity index (χ0n) is 17.8. The van der Waals surface area contributed by atoms with Crippen LogP contribution in [0.5, 0.6) is 5.75 Å². The predicted octanol–water partition coefficient (Wildman–Crippen LogP) is 1.97. The smallest absolute Gasteiger partial charge is 0.274 e. The van der Waals surface area contributed by atoms with E-state index in [-0.39, 0.29) is 40.6 Å². The van der Waals surface area contributed by atoms with Gasteiger partial charge in [-0.1, -0.05) is 24.3 Å². The van der Waals surface area contributed by atoms with Crippen molar-refractivity contribution in [3.63, 3.8) is 0 Å². The molecule has 0 radical (unpaired) electrons. The number of nitrogens with one attached hydrogen (secondary N) is 1. The van der Waals surface area contributed by atoms with Gasteiger partial charge in [-0.05, 0) is 42.5 Å². The van der Waals surface area contributed by atoms with E-state index < -0.39 is 10.0 Å². The van der Waals surface area contributed by atoms with E-state index in [1.54, 1.807) is 22.4 Å². The van der Waals surface area contributed by atoms with Crippen LogP contribution in [0.4, 0.5) is 0 Å². The molecule has 0 bridgehead atoms. The number of carbonyl (C=O) groups excluding carboxylic acids is 1. The second-order valence-electron chi connectivity index (χ2n) is 7.56. The van der Waals surface area contributed by atoms with Gasteiger partial charge in [0.25, 0.3) is 11.5 Å². The number of sulfonamides is 1. The number of carbonyl (C=O) groups is 1. The molecule has 3 heterocycles. The van der Waals surface area contributed by atoms with Gasteiger partial charge >= 0.3 is 0 Å². The number of amides is 1. The van der Waals surface area contributed by atoms with E-state index in [9.17, 15) is 18.0 Å². The molecule has 11 heteroatoms. The minimum atomic E-state index is -3.54. The van der Waals surface area contributed by atoms with Gasteiger partial charge in [0.2, 0.25) is 10.0 Å². The summed E-state index contributed by atoms with van der Waals surface area (Å²) in [4.78, 5) is 26.7. The molecular weight excluding hydrogens is 464 g/mol. The molecule has 1 aromatic carbocycles. The Hall–Kier alpha value is -3.02. The fraction of sp³-hybridized carbons (Fsp3) is 0.318. The Balaban J connectivity index is 1.33. The zero-order valence-corrected chi connectivity index (χ0v) is 19.4. The first kappa shape index (κ1) is 23.1. The average molecular weight is 489 g/mol. The Morgan fingerprint density at radius 3 is 2.55 bits per heavy atom. The highest BCUT2D eigenvalue weighted by Crippen LogP contribution is 2.19. The van der Waals surface area contributed by atoms with Gasteiger partial charge in [0, 0.05) is 25.2 Å². The monoisotopic (exact) mass is 488 g/mol. The number of rotatable bonds is 8. The van der Waals surface area contributed by atoms with E-state index in [4.69, 9.17) is 4.74 Å². The van der Waals surface area contributed by atoms with Crippen LogP contribution in [0.2, 0.25) is 0 Å². The van der Waals surface area contributed by atoms with Crippen molar-refractivity contribution < 1.29 is 17.9 Å². The molecule has 0 unspecified atom stereocenters. The fourth-order valence-electron chi connectivity index (χ4n) is 3.55. The van der Waals surface area contributed by atoms with Gasteiger partial charge in [0.1, 0.15) is 22.3 Å². The third-order valence-electron chi connectivity index (χ3n) is 5.26. The van der Waals surface area contributed by atoms with Crippen LogP contribution in [0.15, 0.2) is 69.0 Å². The van der Waals surface area contributed by atoms with E-state index in [2.05, 4.69) is 9.82 Å². The Morgan fingerprint density at radius 1 is 1.09 bits per heavy atom. The summed E-state index contributed by atoms with van der Waals surface area (Å²) >= 11 is 1.17. The first-order valence-corrected chi connectivity index (χ1v) is 12.9. The molecule has 2 aromatic heterocycles. The van der Waals surface area contributed by atoms with Crippen molar-refractivity contribution in [1.29, 1.82) is 0 Å². The molecule has 3 aromatic rings. The highest BCUT2D eigenvalue weighted by Gasteiger charge is 2.28. The fourth-order valence-corrected chi connectivity index (χ4v) is 5.86. The van der Waals surface area contributed by atoms with E-state index in [1.807, 2.05) is 30.3 Å². The summed E-state index contributed by atoms with van der Waals surface area (Å²) in [6.07, 6.45) is 1.00. The number of hydrogen-bond acceptors (Lipinski definition) is 7. The predicted molar refractivity (Wildman–Crippen MR) is 124 cm³/mol. The lowest BCUT2D eigenvalue weighted by Crippen LogP contribution is -2.46. The maximum absolute atomic E-state index is 12.9. The van der Waals surface area contributed by atoms with Gasteiger partial charge < -0.3 is 9.64 Å². The SMILES string of the molecule is O=C(c1ccc(=O)n(CCOc2ccccc2)n1)N1CCC(NS(=O)(=O)c2cccs2)CC1. The normalized spacial score (nSPS) is 14.8. The lowest BCUT2D eigenvalue weighted by molar-refractivity contribution is 0.0702. The average Bonchev–Trinajstić information content (AvgIpc) is 3.37. The van der Waals surface area contributed by atoms with Crippen molar-refractivity contribution >= 4 is 27.3 Å². The molecule has 1 amide bonds. The first-order chi connectivity index (χ1) is 15.9. The van der Waals surface area contributed by atoms with Crippen LogP contribution in [0, 0.1) is 0 Å². The maximum Gasteiger partial charge on any atom is 0.274 e. The third kappa shape index (κ3) is 5.86. The second kappa shape index (κ2) is 10.3. The standard InChI is InChI=1S/C22H24N4O5S2/c27-20-9-8-19(23-26(20)14-15-31-18-5-2-1-3-6-18)22(28)25-12-10-17(11-13-25)24-33(29,30)21-7-4-16-32-21/h1-9,16-17,24H,10-15H2. The number of para-hydroxylation sites is 1. The molecule has 9 nitrogen and oxygen atoms in total. The van der Waals surface area contributed by atoms with E-state index in [0.717, 1.165) is 0 Å². The van der Waals surface area contributed by atoms with Crippen LogP contribution in [-0.4, -0.2) is 54.7 Å². The molecule has 1 aliphatic heterocycles. The van der Waals surface area contributed by atoms with Crippen LogP contribution in [-0.2, 0) is 16.6 Å². The maximum atomic E-state index is 12.9. The Morgan fingerprint density at radius 2 is 1.85 bits per heavy atom. The molecule has 1 aliphatic rings. The molecular formula is C22H24N4O5S2. The van der Waals surface area contributed by atoms with Crippen LogP contribution < -0.4 is 15.0 Å². The minimum Gasteiger partial charge on any atom is -0.492 e. The molecule has 0 atom stereocenters. The number of likely N-dealkylation sites (tertiary alicyclic amines) is 1. The molecule has 174 valence electrons. The van der Waals surface area contributed by atoms with E-state index >= 15 is 0 Å². The van der Waals surface area contributed by atoms with E-state index in [0.29, 0.717) is 31.7 Å². The summed E-state index contributed by atoms with van der Waals surface area (Å²) in [5, 5.41) is 5.93. The second-order valence-corrected chi connectivity index (χ2v) is 10.4. The molecule has 0 aliphatic carbocycles. The Bertz CT molecular complexity index is 1240. The summed E-state index contributed by atoms with van der Waals surface area (Å²) in [6.45, 7) is 1.24. The van der Waals surface area contributed by atoms with Crippen LogP contribution in [0.3, 0.4) is 0 Å². The number of piperidine rings is 1. The lowest BCUT2D eigenvalue weighted by Gasteiger charge is -2.32. The van der Waals surface area contributed by atoms with Gasteiger partial charge in [-0.3, -0.25) is 9.59 Å². The Labute approximate surface area is 195 Å². The van der Waals surface area contributed by atoms with Crippen molar-refractivity contribution in [2.45, 2.75) is 29.6 Å². The largest absolute Gasteiger partial charge is 0.492 e. The molecule has 0 saturated carbocycles. The number of aromatic nitrogens is 2. The van der Waals surface area contributed by atoms with Gasteiger partial charge in [-0.2, -0.15) is 5.10 Å². The van der Waals surface area contributed by atoms with Gasteiger partial charge in [-0.25, -0.2) is 17.8 Å². The Kier molecular flexibility index (Phi) is 7.21. The van der Waals surface area contributed by atoms with Crippen molar-refractivity contribution in [2.24, 2.45) is 0 Å². The van der Waals surface area contributed by atoms with Gasteiger partial charge in [-0.15, -0.1) is 11.3 Å². The van der Waals surface area contributed by atoms with Gasteiger partial charge in [0.05, 0.1) is 6.54 Å². The highest BCUT2D eigenvalue weighted by molar-refractivity contribution is 7.91. The number of thiophene rings is 1. The van der Waals surface area contributed by atoms with Crippen LogP contribution in [0.1, 0.15) is 23.3 Å².